The van der Waals surface area contributed by atoms with E-state index in [1.54, 1.807) is 11.3 Å². The summed E-state index contributed by atoms with van der Waals surface area (Å²) in [4.78, 5) is 16.9. The molecule has 0 saturated heterocycles. The van der Waals surface area contributed by atoms with Crippen molar-refractivity contribution in [3.05, 3.63) is 88.9 Å². The zero-order valence-corrected chi connectivity index (χ0v) is 16.5. The molecule has 0 fully saturated rings. The van der Waals surface area contributed by atoms with Crippen LogP contribution in [0, 0.1) is 0 Å². The molecule has 0 bridgehead atoms. The predicted molar refractivity (Wildman–Crippen MR) is 113 cm³/mol. The van der Waals surface area contributed by atoms with E-state index in [1.165, 1.54) is 0 Å². The third kappa shape index (κ3) is 5.08. The van der Waals surface area contributed by atoms with Crippen LogP contribution >= 0.6 is 11.3 Å². The zero-order valence-electron chi connectivity index (χ0n) is 15.7. The normalized spacial score (nSPS) is 10.6. The first-order chi connectivity index (χ1) is 14.3. The Morgan fingerprint density at radius 2 is 1.79 bits per heavy atom. The van der Waals surface area contributed by atoms with Crippen molar-refractivity contribution >= 4 is 22.9 Å². The number of thiophene rings is 1. The number of hydrogen-bond acceptors (Lipinski definition) is 6. The van der Waals surface area contributed by atoms with Crippen molar-refractivity contribution in [1.82, 2.24) is 15.6 Å². The van der Waals surface area contributed by atoms with E-state index in [0.717, 1.165) is 16.8 Å². The second kappa shape index (κ2) is 9.16. The van der Waals surface area contributed by atoms with Crippen LogP contribution in [0.25, 0.3) is 11.4 Å². The maximum atomic E-state index is 12.6. The number of para-hydroxylation sites is 1. The van der Waals surface area contributed by atoms with E-state index in [-0.39, 0.29) is 12.3 Å². The molecule has 1 amide bonds. The van der Waals surface area contributed by atoms with E-state index in [1.807, 2.05) is 82.5 Å². The largest absolute Gasteiger partial charge is 0.339 e. The summed E-state index contributed by atoms with van der Waals surface area (Å²) in [5.74, 6) is 0.896. The van der Waals surface area contributed by atoms with Crippen LogP contribution in [0.2, 0.25) is 0 Å². The summed E-state index contributed by atoms with van der Waals surface area (Å²) >= 11 is 1.58. The van der Waals surface area contributed by atoms with Crippen molar-refractivity contribution in [2.45, 2.75) is 19.4 Å². The Balaban J connectivity index is 1.39. The smallest absolute Gasteiger partial charge is 0.239 e. The number of rotatable bonds is 8. The van der Waals surface area contributed by atoms with Crippen molar-refractivity contribution in [2.24, 2.45) is 0 Å². The molecule has 0 atom stereocenters. The summed E-state index contributed by atoms with van der Waals surface area (Å²) in [5.41, 5.74) is 5.94. The molecule has 7 heteroatoms. The molecule has 6 nitrogen and oxygen atoms in total. The highest BCUT2D eigenvalue weighted by Crippen LogP contribution is 2.19. The first-order valence-corrected chi connectivity index (χ1v) is 10.2. The number of carbonyl (C=O) groups is 1. The minimum Gasteiger partial charge on any atom is -0.339 e. The van der Waals surface area contributed by atoms with Gasteiger partial charge in [-0.05, 0) is 29.1 Å². The number of carbonyl (C=O) groups excluding carboxylic acids is 1. The highest BCUT2D eigenvalue weighted by Gasteiger charge is 2.14. The molecular weight excluding hydrogens is 384 g/mol. The lowest BCUT2D eigenvalue weighted by Crippen LogP contribution is -2.42. The second-order valence-corrected chi connectivity index (χ2v) is 7.25. The van der Waals surface area contributed by atoms with Crippen LogP contribution in [0.5, 0.6) is 0 Å². The van der Waals surface area contributed by atoms with Gasteiger partial charge in [0, 0.05) is 23.8 Å². The summed E-state index contributed by atoms with van der Waals surface area (Å²) in [6.07, 6.45) is 0.639. The molecule has 146 valence electrons. The molecule has 0 aliphatic rings. The second-order valence-electron chi connectivity index (χ2n) is 6.47. The van der Waals surface area contributed by atoms with Crippen molar-refractivity contribution in [2.75, 3.05) is 5.01 Å². The zero-order chi connectivity index (χ0) is 19.9. The molecule has 2 aromatic heterocycles. The van der Waals surface area contributed by atoms with E-state index < -0.39 is 0 Å². The van der Waals surface area contributed by atoms with Gasteiger partial charge in [0.05, 0.1) is 12.2 Å². The molecule has 4 rings (SSSR count). The Morgan fingerprint density at radius 1 is 1.03 bits per heavy atom. The summed E-state index contributed by atoms with van der Waals surface area (Å²) in [7, 11) is 0. The number of amides is 1. The number of hydrogen-bond donors (Lipinski definition) is 1. The van der Waals surface area contributed by atoms with Gasteiger partial charge in [-0.3, -0.25) is 15.2 Å². The maximum Gasteiger partial charge on any atom is 0.239 e. The van der Waals surface area contributed by atoms with Gasteiger partial charge in [0.1, 0.15) is 0 Å². The molecule has 2 aromatic carbocycles. The van der Waals surface area contributed by atoms with Crippen molar-refractivity contribution < 1.29 is 9.32 Å². The number of nitrogens with zero attached hydrogens (tertiary/aromatic N) is 3. The van der Waals surface area contributed by atoms with E-state index in [2.05, 4.69) is 15.6 Å². The average Bonchev–Trinajstić information content (AvgIpc) is 3.45. The lowest BCUT2D eigenvalue weighted by Gasteiger charge is -2.25. The number of aryl methyl sites for hydroxylation is 1. The van der Waals surface area contributed by atoms with Crippen LogP contribution < -0.4 is 10.4 Å². The van der Waals surface area contributed by atoms with Crippen LogP contribution in [0.15, 0.2) is 82.0 Å². The summed E-state index contributed by atoms with van der Waals surface area (Å²) in [5, 5.41) is 9.75. The van der Waals surface area contributed by atoms with Crippen molar-refractivity contribution in [3.63, 3.8) is 0 Å². The maximum absolute atomic E-state index is 12.6. The molecule has 0 radical (unpaired) electrons. The number of nitrogens with one attached hydrogen (secondary N) is 1. The van der Waals surface area contributed by atoms with Crippen LogP contribution in [0.4, 0.5) is 5.69 Å². The van der Waals surface area contributed by atoms with E-state index in [4.69, 9.17) is 4.52 Å². The molecule has 0 saturated carbocycles. The molecule has 2 heterocycles. The quantitative estimate of drug-likeness (QED) is 0.439. The van der Waals surface area contributed by atoms with Crippen LogP contribution in [0.1, 0.15) is 17.9 Å². The summed E-state index contributed by atoms with van der Waals surface area (Å²) < 4.78 is 5.27. The van der Waals surface area contributed by atoms with Gasteiger partial charge in [-0.1, -0.05) is 53.7 Å². The topological polar surface area (TPSA) is 71.3 Å². The highest BCUT2D eigenvalue weighted by atomic mass is 32.1. The van der Waals surface area contributed by atoms with E-state index in [9.17, 15) is 4.79 Å². The molecule has 4 aromatic rings. The Hall–Kier alpha value is -3.45. The Labute approximate surface area is 172 Å². The Kier molecular flexibility index (Phi) is 5.97. The average molecular weight is 404 g/mol. The summed E-state index contributed by atoms with van der Waals surface area (Å²) in [6.45, 7) is 0.569. The lowest BCUT2D eigenvalue weighted by molar-refractivity contribution is -0.121. The molecule has 0 spiro atoms. The first-order valence-electron chi connectivity index (χ1n) is 9.29. The van der Waals surface area contributed by atoms with Gasteiger partial charge < -0.3 is 4.52 Å². The van der Waals surface area contributed by atoms with Gasteiger partial charge in [-0.25, -0.2) is 0 Å². The fourth-order valence-electron chi connectivity index (χ4n) is 2.86. The fraction of sp³-hybridized carbons (Fsp3) is 0.136. The molecular formula is C22H20N4O2S. The molecule has 1 N–H and O–H groups in total. The summed E-state index contributed by atoms with van der Waals surface area (Å²) in [6, 6.07) is 21.7. The van der Waals surface area contributed by atoms with Crippen LogP contribution in [0.3, 0.4) is 0 Å². The Bertz CT molecular complexity index is 1030. The van der Waals surface area contributed by atoms with Crippen LogP contribution in [-0.4, -0.2) is 16.0 Å². The van der Waals surface area contributed by atoms with Gasteiger partial charge in [-0.15, -0.1) is 0 Å². The van der Waals surface area contributed by atoms with E-state index >= 15 is 0 Å². The molecule has 0 aliphatic carbocycles. The monoisotopic (exact) mass is 404 g/mol. The van der Waals surface area contributed by atoms with Gasteiger partial charge in [0.2, 0.25) is 17.6 Å². The third-order valence-electron chi connectivity index (χ3n) is 4.32. The lowest BCUT2D eigenvalue weighted by atomic mass is 10.2. The first kappa shape index (κ1) is 18.9. The number of anilines is 1. The third-order valence-corrected chi connectivity index (χ3v) is 5.01. The SMILES string of the molecule is O=C(CCc1nc(-c2ccsc2)no1)NN(Cc1ccccc1)c1ccccc1. The van der Waals surface area contributed by atoms with Gasteiger partial charge in [-0.2, -0.15) is 16.3 Å². The highest BCUT2D eigenvalue weighted by molar-refractivity contribution is 7.08. The molecule has 0 unspecified atom stereocenters. The minimum atomic E-state index is -0.111. The van der Waals surface area contributed by atoms with Crippen molar-refractivity contribution in [1.29, 1.82) is 0 Å². The standard InChI is InChI=1S/C22H20N4O2S/c27-20(11-12-21-23-22(25-28-21)18-13-14-29-16-18)24-26(19-9-5-2-6-10-19)15-17-7-3-1-4-8-17/h1-10,13-14,16H,11-12,15H2,(H,24,27). The predicted octanol–water partition coefficient (Wildman–Crippen LogP) is 4.47. The van der Waals surface area contributed by atoms with Crippen molar-refractivity contribution in [3.8, 4) is 11.4 Å². The van der Waals surface area contributed by atoms with E-state index in [0.29, 0.717) is 24.7 Å². The molecule has 29 heavy (non-hydrogen) atoms. The minimum absolute atomic E-state index is 0.111. The van der Waals surface area contributed by atoms with Gasteiger partial charge in [0.25, 0.3) is 0 Å². The van der Waals surface area contributed by atoms with Gasteiger partial charge >= 0.3 is 0 Å². The molecule has 0 aliphatic heterocycles. The Morgan fingerprint density at radius 3 is 2.52 bits per heavy atom. The number of hydrazine groups is 1. The van der Waals surface area contributed by atoms with Crippen LogP contribution in [-0.2, 0) is 17.8 Å². The fourth-order valence-corrected chi connectivity index (χ4v) is 3.50. The van der Waals surface area contributed by atoms with Gasteiger partial charge in [0.15, 0.2) is 0 Å². The number of aromatic nitrogens is 2. The number of benzene rings is 2.